The molecule has 0 nitrogen and oxygen atoms in total. The van der Waals surface area contributed by atoms with E-state index < -0.39 is 0 Å². The molecule has 0 amide bonds. The predicted octanol–water partition coefficient (Wildman–Crippen LogP) is 5.20. The lowest BCUT2D eigenvalue weighted by Gasteiger charge is -2.20. The largest absolute Gasteiger partial charge is 0.120 e. The molecule has 0 aromatic heterocycles. The number of hydrogen-bond acceptors (Lipinski definition) is 0. The maximum atomic E-state index is 5.44. The van der Waals surface area contributed by atoms with E-state index in [1.165, 1.54) is 44.9 Å². The molecule has 96 valence electrons. The lowest BCUT2D eigenvalue weighted by molar-refractivity contribution is 0.330. The molecule has 1 aliphatic rings. The van der Waals surface area contributed by atoms with Gasteiger partial charge in [0.1, 0.15) is 0 Å². The highest BCUT2D eigenvalue weighted by molar-refractivity contribution is 4.99. The molecule has 0 N–H and O–H groups in total. The molecule has 0 radical (unpaired) electrons. The normalized spacial score (nSPS) is 24.6. The summed E-state index contributed by atoms with van der Waals surface area (Å²) in [5, 5.41) is 0. The number of allylic oxidation sites excluding steroid dienone is 2. The van der Waals surface area contributed by atoms with Gasteiger partial charge in [-0.1, -0.05) is 51.7 Å². The zero-order chi connectivity index (χ0) is 12.5. The SMILES string of the molecule is C#CCC1C=CCCC(CCC(CC)CC)C1. The fraction of sp³-hybridized carbons (Fsp3) is 0.765. The van der Waals surface area contributed by atoms with E-state index in [4.69, 9.17) is 6.42 Å². The summed E-state index contributed by atoms with van der Waals surface area (Å²) in [4.78, 5) is 0. The Kier molecular flexibility index (Phi) is 7.10. The molecule has 0 bridgehead atoms. The Morgan fingerprint density at radius 1 is 1.35 bits per heavy atom. The van der Waals surface area contributed by atoms with Gasteiger partial charge in [-0.05, 0) is 37.0 Å². The molecule has 2 unspecified atom stereocenters. The third-order valence-electron chi connectivity index (χ3n) is 4.30. The highest BCUT2D eigenvalue weighted by Gasteiger charge is 2.17. The summed E-state index contributed by atoms with van der Waals surface area (Å²) in [6.07, 6.45) is 20.5. The zero-order valence-corrected chi connectivity index (χ0v) is 11.6. The Hall–Kier alpha value is -0.700. The van der Waals surface area contributed by atoms with Gasteiger partial charge in [0.25, 0.3) is 0 Å². The Morgan fingerprint density at radius 3 is 2.76 bits per heavy atom. The van der Waals surface area contributed by atoms with Crippen LogP contribution in [0, 0.1) is 30.1 Å². The zero-order valence-electron chi connectivity index (χ0n) is 11.6. The molecule has 0 heteroatoms. The molecule has 0 spiro atoms. The standard InChI is InChI=1S/C17H28/c1-4-9-16-10-7-8-11-17(14-16)13-12-15(5-2)6-3/h1,7,10,15-17H,5-6,8-9,11-14H2,2-3H3. The number of terminal acetylenes is 1. The summed E-state index contributed by atoms with van der Waals surface area (Å²) in [7, 11) is 0. The van der Waals surface area contributed by atoms with Crippen molar-refractivity contribution < 1.29 is 0 Å². The lowest BCUT2D eigenvalue weighted by Crippen LogP contribution is -2.08. The van der Waals surface area contributed by atoms with Crippen LogP contribution in [0.5, 0.6) is 0 Å². The molecular weight excluding hydrogens is 204 g/mol. The molecular formula is C17H28. The second-order valence-corrected chi connectivity index (χ2v) is 5.54. The van der Waals surface area contributed by atoms with E-state index in [0.717, 1.165) is 18.3 Å². The summed E-state index contributed by atoms with van der Waals surface area (Å²) in [6.45, 7) is 4.65. The third kappa shape index (κ3) is 5.44. The molecule has 0 saturated heterocycles. The quantitative estimate of drug-likeness (QED) is 0.436. The van der Waals surface area contributed by atoms with E-state index in [1.54, 1.807) is 0 Å². The van der Waals surface area contributed by atoms with Crippen LogP contribution in [0.4, 0.5) is 0 Å². The van der Waals surface area contributed by atoms with Crippen LogP contribution in [0.3, 0.4) is 0 Å². The van der Waals surface area contributed by atoms with E-state index in [2.05, 4.69) is 31.9 Å². The fourth-order valence-corrected chi connectivity index (χ4v) is 2.98. The Bertz CT molecular complexity index is 252. The Morgan fingerprint density at radius 2 is 2.12 bits per heavy atom. The Labute approximate surface area is 108 Å². The van der Waals surface area contributed by atoms with Crippen LogP contribution in [-0.2, 0) is 0 Å². The van der Waals surface area contributed by atoms with Gasteiger partial charge >= 0.3 is 0 Å². The van der Waals surface area contributed by atoms with E-state index >= 15 is 0 Å². The van der Waals surface area contributed by atoms with Crippen molar-refractivity contribution >= 4 is 0 Å². The summed E-state index contributed by atoms with van der Waals surface area (Å²) in [5.74, 6) is 5.32. The van der Waals surface area contributed by atoms with Gasteiger partial charge in [-0.15, -0.1) is 12.3 Å². The van der Waals surface area contributed by atoms with Crippen molar-refractivity contribution in [1.82, 2.24) is 0 Å². The number of rotatable bonds is 6. The van der Waals surface area contributed by atoms with E-state index in [-0.39, 0.29) is 0 Å². The van der Waals surface area contributed by atoms with E-state index in [0.29, 0.717) is 5.92 Å². The molecule has 2 atom stereocenters. The average molecular weight is 232 g/mol. The first-order valence-corrected chi connectivity index (χ1v) is 7.40. The van der Waals surface area contributed by atoms with Crippen molar-refractivity contribution in [3.63, 3.8) is 0 Å². The number of hydrogen-bond donors (Lipinski definition) is 0. The van der Waals surface area contributed by atoms with Crippen molar-refractivity contribution in [1.29, 1.82) is 0 Å². The molecule has 0 aromatic carbocycles. The van der Waals surface area contributed by atoms with Crippen molar-refractivity contribution in [2.24, 2.45) is 17.8 Å². The van der Waals surface area contributed by atoms with Crippen LogP contribution < -0.4 is 0 Å². The van der Waals surface area contributed by atoms with Crippen molar-refractivity contribution in [2.45, 2.75) is 65.2 Å². The average Bonchev–Trinajstić information content (AvgIpc) is 2.56. The Balaban J connectivity index is 2.35. The maximum Gasteiger partial charge on any atom is 0.0149 e. The van der Waals surface area contributed by atoms with Crippen molar-refractivity contribution in [2.75, 3.05) is 0 Å². The summed E-state index contributed by atoms with van der Waals surface area (Å²) in [6, 6.07) is 0. The van der Waals surface area contributed by atoms with E-state index in [1.807, 2.05) is 0 Å². The molecule has 0 heterocycles. The van der Waals surface area contributed by atoms with Crippen LogP contribution in [-0.4, -0.2) is 0 Å². The monoisotopic (exact) mass is 232 g/mol. The first-order valence-electron chi connectivity index (χ1n) is 7.40. The smallest absolute Gasteiger partial charge is 0.0149 e. The fourth-order valence-electron chi connectivity index (χ4n) is 2.98. The van der Waals surface area contributed by atoms with Crippen LogP contribution >= 0.6 is 0 Å². The minimum atomic E-state index is 0.647. The molecule has 1 rings (SSSR count). The minimum Gasteiger partial charge on any atom is -0.120 e. The molecule has 0 aromatic rings. The van der Waals surface area contributed by atoms with Crippen molar-refractivity contribution in [3.8, 4) is 12.3 Å². The van der Waals surface area contributed by atoms with Gasteiger partial charge in [0.15, 0.2) is 0 Å². The topological polar surface area (TPSA) is 0 Å². The first-order chi connectivity index (χ1) is 8.30. The first kappa shape index (κ1) is 14.4. The van der Waals surface area contributed by atoms with Gasteiger partial charge in [-0.25, -0.2) is 0 Å². The third-order valence-corrected chi connectivity index (χ3v) is 4.30. The van der Waals surface area contributed by atoms with Crippen molar-refractivity contribution in [3.05, 3.63) is 12.2 Å². The molecule has 0 aliphatic heterocycles. The van der Waals surface area contributed by atoms with Crippen LogP contribution in [0.15, 0.2) is 12.2 Å². The van der Waals surface area contributed by atoms with Crippen LogP contribution in [0.2, 0.25) is 0 Å². The van der Waals surface area contributed by atoms with Gasteiger partial charge in [0.05, 0.1) is 0 Å². The van der Waals surface area contributed by atoms with Gasteiger partial charge < -0.3 is 0 Å². The summed E-state index contributed by atoms with van der Waals surface area (Å²) < 4.78 is 0. The molecule has 0 saturated carbocycles. The van der Waals surface area contributed by atoms with Gasteiger partial charge in [0.2, 0.25) is 0 Å². The van der Waals surface area contributed by atoms with Crippen LogP contribution in [0.25, 0.3) is 0 Å². The summed E-state index contributed by atoms with van der Waals surface area (Å²) >= 11 is 0. The van der Waals surface area contributed by atoms with Crippen LogP contribution in [0.1, 0.15) is 65.2 Å². The maximum absolute atomic E-state index is 5.44. The van der Waals surface area contributed by atoms with Gasteiger partial charge in [0, 0.05) is 6.42 Å². The van der Waals surface area contributed by atoms with E-state index in [9.17, 15) is 0 Å². The predicted molar refractivity (Wildman–Crippen MR) is 76.7 cm³/mol. The van der Waals surface area contributed by atoms with Gasteiger partial charge in [-0.3, -0.25) is 0 Å². The molecule has 17 heavy (non-hydrogen) atoms. The summed E-state index contributed by atoms with van der Waals surface area (Å²) in [5.41, 5.74) is 0. The highest BCUT2D eigenvalue weighted by Crippen LogP contribution is 2.30. The minimum absolute atomic E-state index is 0.647. The molecule has 0 fully saturated rings. The molecule has 1 aliphatic carbocycles. The highest BCUT2D eigenvalue weighted by atomic mass is 14.2. The lowest BCUT2D eigenvalue weighted by atomic mass is 9.85. The van der Waals surface area contributed by atoms with Gasteiger partial charge in [-0.2, -0.15) is 0 Å². The second kappa shape index (κ2) is 8.40. The second-order valence-electron chi connectivity index (χ2n) is 5.54.